The summed E-state index contributed by atoms with van der Waals surface area (Å²) in [6.45, 7) is 6.27. The summed E-state index contributed by atoms with van der Waals surface area (Å²) in [5.41, 5.74) is 4.86. The lowest BCUT2D eigenvalue weighted by molar-refractivity contribution is 0.0954. The average Bonchev–Trinajstić information content (AvgIpc) is 3.08. The van der Waals surface area contributed by atoms with Crippen molar-refractivity contribution in [2.24, 2.45) is 0 Å². The third-order valence-electron chi connectivity index (χ3n) is 4.55. The highest BCUT2D eigenvalue weighted by Crippen LogP contribution is 2.28. The molecule has 2 N–H and O–H groups in total. The highest BCUT2D eigenvalue weighted by atomic mass is 32.1. The van der Waals surface area contributed by atoms with Crippen molar-refractivity contribution in [3.05, 3.63) is 63.7 Å². The monoisotopic (exact) mass is 411 g/mol. The molecule has 29 heavy (non-hydrogen) atoms. The number of anilines is 2. The van der Waals surface area contributed by atoms with Crippen molar-refractivity contribution in [3.63, 3.8) is 0 Å². The van der Waals surface area contributed by atoms with E-state index in [2.05, 4.69) is 28.6 Å². The molecule has 0 aliphatic heterocycles. The fourth-order valence-corrected chi connectivity index (χ4v) is 3.90. The SMILES string of the molecule is COc1ccc(OC)c(CNC(=O)c2sc(Nc3ccc(C)cc3C)nc2C)c1. The molecule has 0 atom stereocenters. The number of hydrogen-bond acceptors (Lipinski definition) is 6. The summed E-state index contributed by atoms with van der Waals surface area (Å²) in [6, 6.07) is 11.7. The van der Waals surface area contributed by atoms with E-state index < -0.39 is 0 Å². The number of aromatic nitrogens is 1. The van der Waals surface area contributed by atoms with Gasteiger partial charge in [-0.2, -0.15) is 0 Å². The van der Waals surface area contributed by atoms with Crippen molar-refractivity contribution in [2.75, 3.05) is 19.5 Å². The predicted molar refractivity (Wildman–Crippen MR) is 117 cm³/mol. The Morgan fingerprint density at radius 1 is 1.07 bits per heavy atom. The molecule has 0 unspecified atom stereocenters. The van der Waals surface area contributed by atoms with E-state index in [4.69, 9.17) is 9.47 Å². The molecule has 0 saturated carbocycles. The standard InChI is InChI=1S/C22H25N3O3S/c1-13-6-8-18(14(2)10-13)25-22-24-15(3)20(29-22)21(26)23-12-16-11-17(27-4)7-9-19(16)28-5/h6-11H,12H2,1-5H3,(H,23,26)(H,24,25). The van der Waals surface area contributed by atoms with E-state index in [0.717, 1.165) is 16.8 Å². The number of nitrogens with zero attached hydrogens (tertiary/aromatic N) is 1. The Hall–Kier alpha value is -3.06. The molecule has 6 nitrogen and oxygen atoms in total. The third kappa shape index (κ3) is 4.86. The van der Waals surface area contributed by atoms with E-state index in [-0.39, 0.29) is 5.91 Å². The van der Waals surface area contributed by atoms with Gasteiger partial charge in [0.1, 0.15) is 16.4 Å². The van der Waals surface area contributed by atoms with Gasteiger partial charge >= 0.3 is 0 Å². The first-order chi connectivity index (χ1) is 13.9. The van der Waals surface area contributed by atoms with E-state index in [9.17, 15) is 4.79 Å². The van der Waals surface area contributed by atoms with Crippen molar-refractivity contribution in [2.45, 2.75) is 27.3 Å². The minimum atomic E-state index is -0.168. The number of aryl methyl sites for hydroxylation is 3. The Morgan fingerprint density at radius 3 is 2.55 bits per heavy atom. The Balaban J connectivity index is 1.72. The smallest absolute Gasteiger partial charge is 0.263 e. The Morgan fingerprint density at radius 2 is 1.86 bits per heavy atom. The Labute approximate surface area is 174 Å². The Kier molecular flexibility index (Phi) is 6.39. The van der Waals surface area contributed by atoms with Crippen LogP contribution < -0.4 is 20.1 Å². The lowest BCUT2D eigenvalue weighted by Crippen LogP contribution is -2.22. The first-order valence-electron chi connectivity index (χ1n) is 9.22. The van der Waals surface area contributed by atoms with Gasteiger partial charge in [0.15, 0.2) is 5.13 Å². The van der Waals surface area contributed by atoms with Gasteiger partial charge in [0.05, 0.1) is 19.9 Å². The summed E-state index contributed by atoms with van der Waals surface area (Å²) < 4.78 is 10.6. The molecule has 152 valence electrons. The van der Waals surface area contributed by atoms with Crippen LogP contribution in [0.2, 0.25) is 0 Å². The van der Waals surface area contributed by atoms with Gasteiger partial charge in [-0.05, 0) is 50.6 Å². The second-order valence-corrected chi connectivity index (χ2v) is 7.74. The number of ether oxygens (including phenoxy) is 2. The molecule has 0 spiro atoms. The quantitative estimate of drug-likeness (QED) is 0.586. The summed E-state index contributed by atoms with van der Waals surface area (Å²) in [5, 5.41) is 6.95. The molecular formula is C22H25N3O3S. The van der Waals surface area contributed by atoms with Gasteiger partial charge < -0.3 is 20.1 Å². The first kappa shape index (κ1) is 20.7. The molecule has 3 aromatic rings. The maximum atomic E-state index is 12.7. The van der Waals surface area contributed by atoms with Crippen LogP contribution in [-0.2, 0) is 6.54 Å². The number of amides is 1. The lowest BCUT2D eigenvalue weighted by Gasteiger charge is -2.11. The summed E-state index contributed by atoms with van der Waals surface area (Å²) in [7, 11) is 3.21. The van der Waals surface area contributed by atoms with Gasteiger partial charge in [0, 0.05) is 17.8 Å². The fraction of sp³-hybridized carbons (Fsp3) is 0.273. The molecule has 1 amide bonds. The minimum Gasteiger partial charge on any atom is -0.497 e. The van der Waals surface area contributed by atoms with E-state index in [1.807, 2.05) is 44.2 Å². The molecule has 0 bridgehead atoms. The molecule has 3 rings (SSSR count). The van der Waals surface area contributed by atoms with Crippen LogP contribution in [0, 0.1) is 20.8 Å². The largest absolute Gasteiger partial charge is 0.497 e. The summed E-state index contributed by atoms with van der Waals surface area (Å²) in [6.07, 6.45) is 0. The van der Waals surface area contributed by atoms with Crippen LogP contribution in [0.5, 0.6) is 11.5 Å². The van der Waals surface area contributed by atoms with Crippen LogP contribution in [-0.4, -0.2) is 25.1 Å². The lowest BCUT2D eigenvalue weighted by atomic mass is 10.1. The van der Waals surface area contributed by atoms with Crippen LogP contribution >= 0.6 is 11.3 Å². The van der Waals surface area contributed by atoms with Gasteiger partial charge in [-0.1, -0.05) is 29.0 Å². The molecule has 0 aliphatic rings. The summed E-state index contributed by atoms with van der Waals surface area (Å²) in [5.74, 6) is 1.24. The molecule has 7 heteroatoms. The van der Waals surface area contributed by atoms with Crippen molar-refractivity contribution in [1.82, 2.24) is 10.3 Å². The van der Waals surface area contributed by atoms with Crippen molar-refractivity contribution in [3.8, 4) is 11.5 Å². The highest BCUT2D eigenvalue weighted by molar-refractivity contribution is 7.17. The van der Waals surface area contributed by atoms with E-state index in [1.165, 1.54) is 16.9 Å². The van der Waals surface area contributed by atoms with Crippen LogP contribution in [0.25, 0.3) is 0 Å². The zero-order chi connectivity index (χ0) is 21.0. The maximum Gasteiger partial charge on any atom is 0.263 e. The molecule has 0 radical (unpaired) electrons. The van der Waals surface area contributed by atoms with E-state index >= 15 is 0 Å². The molecule has 2 aromatic carbocycles. The van der Waals surface area contributed by atoms with E-state index in [1.54, 1.807) is 14.2 Å². The predicted octanol–water partition coefficient (Wildman–Crippen LogP) is 4.76. The average molecular weight is 412 g/mol. The van der Waals surface area contributed by atoms with Crippen LogP contribution in [0.3, 0.4) is 0 Å². The Bertz CT molecular complexity index is 1030. The summed E-state index contributed by atoms with van der Waals surface area (Å²) >= 11 is 1.34. The van der Waals surface area contributed by atoms with Crippen molar-refractivity contribution in [1.29, 1.82) is 0 Å². The zero-order valence-corrected chi connectivity index (χ0v) is 18.1. The van der Waals surface area contributed by atoms with Crippen molar-refractivity contribution < 1.29 is 14.3 Å². The van der Waals surface area contributed by atoms with Gasteiger partial charge in [0.25, 0.3) is 5.91 Å². The number of carbonyl (C=O) groups is 1. The number of methoxy groups -OCH3 is 2. The maximum absolute atomic E-state index is 12.7. The number of benzene rings is 2. The topological polar surface area (TPSA) is 72.5 Å². The van der Waals surface area contributed by atoms with E-state index in [0.29, 0.717) is 33.7 Å². The van der Waals surface area contributed by atoms with Crippen LogP contribution in [0.4, 0.5) is 10.8 Å². The third-order valence-corrected chi connectivity index (χ3v) is 5.62. The van der Waals surface area contributed by atoms with Gasteiger partial charge in [-0.25, -0.2) is 4.98 Å². The molecular weight excluding hydrogens is 386 g/mol. The number of carbonyl (C=O) groups excluding carboxylic acids is 1. The normalized spacial score (nSPS) is 10.5. The molecule has 0 saturated heterocycles. The zero-order valence-electron chi connectivity index (χ0n) is 17.3. The molecule has 0 aliphatic carbocycles. The number of thiazole rings is 1. The second-order valence-electron chi connectivity index (χ2n) is 6.74. The fourth-order valence-electron chi connectivity index (χ4n) is 3.01. The number of nitrogens with one attached hydrogen (secondary N) is 2. The van der Waals surface area contributed by atoms with Crippen molar-refractivity contribution >= 4 is 28.1 Å². The number of hydrogen-bond donors (Lipinski definition) is 2. The second kappa shape index (κ2) is 8.96. The molecule has 1 aromatic heterocycles. The number of rotatable bonds is 7. The summed E-state index contributed by atoms with van der Waals surface area (Å²) in [4.78, 5) is 17.8. The minimum absolute atomic E-state index is 0.168. The van der Waals surface area contributed by atoms with Gasteiger partial charge in [-0.3, -0.25) is 4.79 Å². The highest BCUT2D eigenvalue weighted by Gasteiger charge is 2.16. The van der Waals surface area contributed by atoms with Gasteiger partial charge in [-0.15, -0.1) is 0 Å². The molecule has 0 fully saturated rings. The van der Waals surface area contributed by atoms with Crippen LogP contribution in [0.15, 0.2) is 36.4 Å². The molecule has 1 heterocycles. The van der Waals surface area contributed by atoms with Gasteiger partial charge in [0.2, 0.25) is 0 Å². The van der Waals surface area contributed by atoms with Crippen LogP contribution in [0.1, 0.15) is 32.1 Å². The first-order valence-corrected chi connectivity index (χ1v) is 10.0.